The minimum Gasteiger partial charge on any atom is -0.489 e. The van der Waals surface area contributed by atoms with Gasteiger partial charge in [-0.2, -0.15) is 0 Å². The van der Waals surface area contributed by atoms with Crippen LogP contribution < -0.4 is 10.1 Å². The van der Waals surface area contributed by atoms with E-state index in [0.29, 0.717) is 12.6 Å². The lowest BCUT2D eigenvalue weighted by atomic mass is 9.91. The molecule has 2 rings (SSSR count). The van der Waals surface area contributed by atoms with Crippen LogP contribution in [0.2, 0.25) is 0 Å². The summed E-state index contributed by atoms with van der Waals surface area (Å²) < 4.78 is 5.99. The van der Waals surface area contributed by atoms with Gasteiger partial charge in [0.15, 0.2) is 0 Å². The van der Waals surface area contributed by atoms with E-state index in [4.69, 9.17) is 4.74 Å². The Labute approximate surface area is 147 Å². The van der Waals surface area contributed by atoms with Gasteiger partial charge in [0.1, 0.15) is 12.4 Å². The predicted molar refractivity (Wildman–Crippen MR) is 102 cm³/mol. The molecule has 0 saturated carbocycles. The van der Waals surface area contributed by atoms with Crippen LogP contribution in [0, 0.1) is 5.92 Å². The Morgan fingerprint density at radius 3 is 2.33 bits per heavy atom. The van der Waals surface area contributed by atoms with Crippen molar-refractivity contribution in [2.75, 3.05) is 6.54 Å². The fourth-order valence-electron chi connectivity index (χ4n) is 3.10. The van der Waals surface area contributed by atoms with Gasteiger partial charge in [-0.15, -0.1) is 0 Å². The maximum atomic E-state index is 5.99. The maximum Gasteiger partial charge on any atom is 0.120 e. The molecule has 2 aromatic carbocycles. The summed E-state index contributed by atoms with van der Waals surface area (Å²) in [7, 11) is 0. The molecule has 0 saturated heterocycles. The average Bonchev–Trinajstić information content (AvgIpc) is 2.64. The highest BCUT2D eigenvalue weighted by Gasteiger charge is 2.15. The van der Waals surface area contributed by atoms with E-state index in [1.54, 1.807) is 0 Å². The molecule has 1 N–H and O–H groups in total. The second-order valence-corrected chi connectivity index (χ2v) is 6.38. The van der Waals surface area contributed by atoms with Crippen molar-refractivity contribution in [1.82, 2.24) is 5.32 Å². The quantitative estimate of drug-likeness (QED) is 0.601. The molecule has 130 valence electrons. The number of nitrogens with one attached hydrogen (secondary N) is 1. The zero-order valence-electron chi connectivity index (χ0n) is 15.3. The Balaban J connectivity index is 2.05. The zero-order chi connectivity index (χ0) is 17.2. The summed E-state index contributed by atoms with van der Waals surface area (Å²) in [4.78, 5) is 0. The molecular weight excluding hydrogens is 294 g/mol. The molecule has 0 fully saturated rings. The van der Waals surface area contributed by atoms with Crippen molar-refractivity contribution in [2.24, 2.45) is 5.92 Å². The summed E-state index contributed by atoms with van der Waals surface area (Å²) in [6.07, 6.45) is 3.66. The first-order valence-corrected chi connectivity index (χ1v) is 9.26. The van der Waals surface area contributed by atoms with E-state index in [1.807, 2.05) is 24.3 Å². The van der Waals surface area contributed by atoms with Crippen LogP contribution in [0.5, 0.6) is 5.75 Å². The normalized spacial score (nSPS) is 12.3. The minimum atomic E-state index is 0.403. The number of ether oxygens (including phenoxy) is 1. The van der Waals surface area contributed by atoms with Crippen molar-refractivity contribution in [1.29, 1.82) is 0 Å². The molecule has 24 heavy (non-hydrogen) atoms. The second kappa shape index (κ2) is 10.1. The number of hydrogen-bond donors (Lipinski definition) is 1. The summed E-state index contributed by atoms with van der Waals surface area (Å²) >= 11 is 0. The first-order chi connectivity index (χ1) is 11.8. The largest absolute Gasteiger partial charge is 0.489 e. The standard InChI is InChI=1S/C22H31NO/c1-4-18(5-2)15-22(23-6-3)20-13-10-14-21(16-20)24-17-19-11-8-7-9-12-19/h7-14,16,18,22-23H,4-6,15,17H2,1-3H3. The van der Waals surface area contributed by atoms with Gasteiger partial charge in [0.05, 0.1) is 0 Å². The first-order valence-electron chi connectivity index (χ1n) is 9.26. The van der Waals surface area contributed by atoms with Gasteiger partial charge >= 0.3 is 0 Å². The van der Waals surface area contributed by atoms with E-state index in [1.165, 1.54) is 30.4 Å². The third-order valence-electron chi connectivity index (χ3n) is 4.68. The highest BCUT2D eigenvalue weighted by molar-refractivity contribution is 5.31. The lowest BCUT2D eigenvalue weighted by Gasteiger charge is -2.23. The molecule has 1 unspecified atom stereocenters. The lowest BCUT2D eigenvalue weighted by molar-refractivity contribution is 0.305. The Hall–Kier alpha value is -1.80. The van der Waals surface area contributed by atoms with Crippen molar-refractivity contribution >= 4 is 0 Å². The van der Waals surface area contributed by atoms with E-state index in [-0.39, 0.29) is 0 Å². The van der Waals surface area contributed by atoms with Crippen LogP contribution in [0.1, 0.15) is 57.2 Å². The van der Waals surface area contributed by atoms with Crippen molar-refractivity contribution < 1.29 is 4.74 Å². The van der Waals surface area contributed by atoms with Crippen molar-refractivity contribution in [3.05, 3.63) is 65.7 Å². The van der Waals surface area contributed by atoms with Gasteiger partial charge in [-0.25, -0.2) is 0 Å². The smallest absolute Gasteiger partial charge is 0.120 e. The molecule has 0 aromatic heterocycles. The summed E-state index contributed by atoms with van der Waals surface area (Å²) in [6.45, 7) is 8.35. The highest BCUT2D eigenvalue weighted by atomic mass is 16.5. The van der Waals surface area contributed by atoms with Crippen LogP contribution in [-0.4, -0.2) is 6.54 Å². The van der Waals surface area contributed by atoms with E-state index in [9.17, 15) is 0 Å². The van der Waals surface area contributed by atoms with Crippen LogP contribution >= 0.6 is 0 Å². The summed E-state index contributed by atoms with van der Waals surface area (Å²) in [6, 6.07) is 19.3. The Morgan fingerprint density at radius 1 is 0.917 bits per heavy atom. The van der Waals surface area contributed by atoms with Gasteiger partial charge in [-0.3, -0.25) is 0 Å². The Bertz CT molecular complexity index is 578. The fourth-order valence-corrected chi connectivity index (χ4v) is 3.10. The average molecular weight is 325 g/mol. The van der Waals surface area contributed by atoms with Gasteiger partial charge in [-0.05, 0) is 42.1 Å². The molecule has 2 nitrogen and oxygen atoms in total. The molecule has 0 bridgehead atoms. The molecule has 0 aliphatic carbocycles. The monoisotopic (exact) mass is 325 g/mol. The van der Waals surface area contributed by atoms with Gasteiger partial charge in [0.25, 0.3) is 0 Å². The van der Waals surface area contributed by atoms with Crippen LogP contribution in [0.4, 0.5) is 0 Å². The Morgan fingerprint density at radius 2 is 1.67 bits per heavy atom. The zero-order valence-corrected chi connectivity index (χ0v) is 15.3. The van der Waals surface area contributed by atoms with Crippen molar-refractivity contribution in [3.8, 4) is 5.75 Å². The molecule has 0 amide bonds. The number of benzene rings is 2. The lowest BCUT2D eigenvalue weighted by Crippen LogP contribution is -2.23. The second-order valence-electron chi connectivity index (χ2n) is 6.38. The third-order valence-corrected chi connectivity index (χ3v) is 4.68. The molecular formula is C22H31NO. The molecule has 0 aliphatic heterocycles. The van der Waals surface area contributed by atoms with Crippen LogP contribution in [0.25, 0.3) is 0 Å². The van der Waals surface area contributed by atoms with Crippen LogP contribution in [0.3, 0.4) is 0 Å². The Kier molecular flexibility index (Phi) is 7.84. The van der Waals surface area contributed by atoms with Crippen molar-refractivity contribution in [3.63, 3.8) is 0 Å². The molecule has 1 atom stereocenters. The first kappa shape index (κ1) is 18.5. The number of rotatable bonds is 10. The molecule has 0 heterocycles. The van der Waals surface area contributed by atoms with Gasteiger partial charge in [0.2, 0.25) is 0 Å². The molecule has 0 aliphatic rings. The van der Waals surface area contributed by atoms with Crippen LogP contribution in [0.15, 0.2) is 54.6 Å². The van der Waals surface area contributed by atoms with Gasteiger partial charge in [0, 0.05) is 6.04 Å². The molecule has 0 spiro atoms. The minimum absolute atomic E-state index is 0.403. The van der Waals surface area contributed by atoms with Gasteiger partial charge in [-0.1, -0.05) is 76.1 Å². The molecule has 2 aromatic rings. The molecule has 0 radical (unpaired) electrons. The van der Waals surface area contributed by atoms with E-state index in [2.05, 4.69) is 56.4 Å². The fraction of sp³-hybridized carbons (Fsp3) is 0.455. The summed E-state index contributed by atoms with van der Waals surface area (Å²) in [5.41, 5.74) is 2.53. The SMILES string of the molecule is CCNC(CC(CC)CC)c1cccc(OCc2ccccc2)c1. The van der Waals surface area contributed by atoms with E-state index >= 15 is 0 Å². The van der Waals surface area contributed by atoms with Crippen LogP contribution in [-0.2, 0) is 6.61 Å². The molecule has 2 heteroatoms. The third kappa shape index (κ3) is 5.68. The van der Waals surface area contributed by atoms with Crippen molar-refractivity contribution in [2.45, 2.75) is 52.7 Å². The van der Waals surface area contributed by atoms with E-state index < -0.39 is 0 Å². The maximum absolute atomic E-state index is 5.99. The highest BCUT2D eigenvalue weighted by Crippen LogP contribution is 2.27. The number of hydrogen-bond acceptors (Lipinski definition) is 2. The predicted octanol–water partition coefficient (Wildman–Crippen LogP) is 5.74. The summed E-state index contributed by atoms with van der Waals surface area (Å²) in [5.74, 6) is 1.71. The van der Waals surface area contributed by atoms with E-state index in [0.717, 1.165) is 18.2 Å². The topological polar surface area (TPSA) is 21.3 Å². The summed E-state index contributed by atoms with van der Waals surface area (Å²) in [5, 5.41) is 3.64. The van der Waals surface area contributed by atoms with Gasteiger partial charge < -0.3 is 10.1 Å².